The normalized spacial score (nSPS) is 12.3. The molecule has 144 valence electrons. The lowest BCUT2D eigenvalue weighted by Crippen LogP contribution is -2.47. The Morgan fingerprint density at radius 3 is 2.35 bits per heavy atom. The van der Waals surface area contributed by atoms with Crippen LogP contribution in [0.25, 0.3) is 0 Å². The van der Waals surface area contributed by atoms with Crippen molar-refractivity contribution in [2.24, 2.45) is 0 Å². The average Bonchev–Trinajstić information content (AvgIpc) is 2.52. The fourth-order valence-electron chi connectivity index (χ4n) is 1.70. The molecule has 0 aliphatic rings. The maximum Gasteiger partial charge on any atom is 0.321 e. The van der Waals surface area contributed by atoms with E-state index in [0.717, 1.165) is 12.1 Å². The summed E-state index contributed by atoms with van der Waals surface area (Å²) >= 11 is 0. The van der Waals surface area contributed by atoms with Gasteiger partial charge in [-0.25, -0.2) is 17.6 Å². The maximum absolute atomic E-state index is 13.5. The first-order valence-electron chi connectivity index (χ1n) is 7.58. The molecule has 1 aromatic carbocycles. The zero-order valence-corrected chi connectivity index (χ0v) is 15.2. The molecule has 3 amide bonds. The number of carbonyl (C=O) groups excluding carboxylic acids is 3. The third-order valence-electron chi connectivity index (χ3n) is 2.87. The second kappa shape index (κ2) is 9.25. The van der Waals surface area contributed by atoms with Crippen molar-refractivity contribution in [2.75, 3.05) is 6.54 Å². The van der Waals surface area contributed by atoms with Gasteiger partial charge in [0.05, 0.1) is 0 Å². The molecule has 0 bridgehead atoms. The van der Waals surface area contributed by atoms with E-state index in [-0.39, 0.29) is 6.04 Å². The van der Waals surface area contributed by atoms with Gasteiger partial charge < -0.3 is 10.1 Å². The highest BCUT2D eigenvalue weighted by atomic mass is 32.2. The van der Waals surface area contributed by atoms with Crippen molar-refractivity contribution in [1.82, 2.24) is 15.4 Å². The molecule has 1 aromatic rings. The quantitative estimate of drug-likeness (QED) is 0.574. The van der Waals surface area contributed by atoms with E-state index in [1.807, 2.05) is 10.0 Å². The first-order valence-corrected chi connectivity index (χ1v) is 9.06. The number of carbonyl (C=O) groups is 3. The largest absolute Gasteiger partial charge is 0.452 e. The molecule has 0 aromatic heterocycles. The van der Waals surface area contributed by atoms with E-state index in [9.17, 15) is 27.2 Å². The van der Waals surface area contributed by atoms with Crippen molar-refractivity contribution >= 4 is 27.9 Å². The van der Waals surface area contributed by atoms with Gasteiger partial charge in [0.1, 0.15) is 17.3 Å². The molecule has 0 heterocycles. The minimum absolute atomic E-state index is 0.201. The molecule has 9 nitrogen and oxygen atoms in total. The first-order chi connectivity index (χ1) is 12.0. The monoisotopic (exact) mass is 389 g/mol. The molecule has 11 heteroatoms. The summed E-state index contributed by atoms with van der Waals surface area (Å²) in [6.07, 6.45) is -1.33. The fourth-order valence-corrected chi connectivity index (χ4v) is 2.74. The number of sulfonamides is 1. The van der Waals surface area contributed by atoms with Gasteiger partial charge in [-0.1, -0.05) is 12.1 Å². The number of halogens is 1. The first kappa shape index (κ1) is 21.5. The Morgan fingerprint density at radius 1 is 1.15 bits per heavy atom. The van der Waals surface area contributed by atoms with Gasteiger partial charge in [0, 0.05) is 6.04 Å². The van der Waals surface area contributed by atoms with Crippen molar-refractivity contribution in [1.29, 1.82) is 0 Å². The van der Waals surface area contributed by atoms with E-state index in [0.29, 0.717) is 0 Å². The van der Waals surface area contributed by atoms with E-state index in [2.05, 4.69) is 5.32 Å². The number of benzene rings is 1. The Bertz CT molecular complexity index is 781. The Hall–Kier alpha value is -2.53. The molecular formula is C15H20FN3O6S. The minimum atomic E-state index is -4.27. The Balaban J connectivity index is 2.55. The van der Waals surface area contributed by atoms with Crippen LogP contribution in [0.4, 0.5) is 9.18 Å². The number of nitrogens with one attached hydrogen (secondary N) is 3. The van der Waals surface area contributed by atoms with Crippen LogP contribution in [0.2, 0.25) is 0 Å². The van der Waals surface area contributed by atoms with Gasteiger partial charge in [0.2, 0.25) is 10.0 Å². The SMILES string of the molecule is CC(C)NC(=O)NC(=O)[C@H](C)OC(=O)CNS(=O)(=O)c1ccccc1F. The summed E-state index contributed by atoms with van der Waals surface area (Å²) in [6, 6.07) is 3.68. The molecule has 26 heavy (non-hydrogen) atoms. The number of hydrogen-bond donors (Lipinski definition) is 3. The molecule has 0 aliphatic carbocycles. The molecule has 0 radical (unpaired) electrons. The summed E-state index contributed by atoms with van der Waals surface area (Å²) in [5.41, 5.74) is 0. The number of amides is 3. The zero-order valence-electron chi connectivity index (χ0n) is 14.4. The van der Waals surface area contributed by atoms with Crippen LogP contribution in [0.1, 0.15) is 20.8 Å². The van der Waals surface area contributed by atoms with Crippen LogP contribution < -0.4 is 15.4 Å². The van der Waals surface area contributed by atoms with Crippen LogP contribution >= 0.6 is 0 Å². The lowest BCUT2D eigenvalue weighted by molar-refractivity contribution is -0.153. The van der Waals surface area contributed by atoms with Crippen molar-refractivity contribution < 1.29 is 31.9 Å². The number of imide groups is 1. The Labute approximate surface area is 150 Å². The Morgan fingerprint density at radius 2 is 1.77 bits per heavy atom. The van der Waals surface area contributed by atoms with E-state index < -0.39 is 51.3 Å². The van der Waals surface area contributed by atoms with Gasteiger partial charge in [-0.3, -0.25) is 14.9 Å². The van der Waals surface area contributed by atoms with Crippen molar-refractivity contribution in [3.8, 4) is 0 Å². The summed E-state index contributed by atoms with van der Waals surface area (Å²) in [5, 5.41) is 4.38. The number of urea groups is 1. The molecule has 0 unspecified atom stereocenters. The predicted octanol–water partition coefficient (Wildman–Crippen LogP) is 0.270. The predicted molar refractivity (Wildman–Crippen MR) is 89.0 cm³/mol. The Kier molecular flexibility index (Phi) is 7.65. The van der Waals surface area contributed by atoms with Gasteiger partial charge in [-0.15, -0.1) is 0 Å². The summed E-state index contributed by atoms with van der Waals surface area (Å²) in [7, 11) is -4.27. The van der Waals surface area contributed by atoms with Gasteiger partial charge >= 0.3 is 12.0 Å². The number of hydrogen-bond acceptors (Lipinski definition) is 6. The zero-order chi connectivity index (χ0) is 19.9. The highest BCUT2D eigenvalue weighted by Crippen LogP contribution is 2.12. The summed E-state index contributed by atoms with van der Waals surface area (Å²) in [5.74, 6) is -2.93. The minimum Gasteiger partial charge on any atom is -0.452 e. The number of ether oxygens (including phenoxy) is 1. The van der Waals surface area contributed by atoms with Crippen LogP contribution in [0.5, 0.6) is 0 Å². The van der Waals surface area contributed by atoms with Gasteiger partial charge in [0.15, 0.2) is 6.10 Å². The third kappa shape index (κ3) is 6.76. The average molecular weight is 389 g/mol. The van der Waals surface area contributed by atoms with E-state index in [1.165, 1.54) is 19.1 Å². The molecular weight excluding hydrogens is 369 g/mol. The molecule has 0 spiro atoms. The van der Waals surface area contributed by atoms with Crippen LogP contribution in [-0.4, -0.2) is 45.0 Å². The molecule has 0 saturated heterocycles. The van der Waals surface area contributed by atoms with Crippen molar-refractivity contribution in [3.05, 3.63) is 30.1 Å². The topological polar surface area (TPSA) is 131 Å². The summed E-state index contributed by atoms with van der Waals surface area (Å²) in [4.78, 5) is 34.1. The summed E-state index contributed by atoms with van der Waals surface area (Å²) < 4.78 is 44.0. The maximum atomic E-state index is 13.5. The van der Waals surface area contributed by atoms with E-state index in [4.69, 9.17) is 4.74 Å². The highest BCUT2D eigenvalue weighted by molar-refractivity contribution is 7.89. The molecule has 1 rings (SSSR count). The summed E-state index contributed by atoms with van der Waals surface area (Å²) in [6.45, 7) is 3.78. The molecule has 1 atom stereocenters. The third-order valence-corrected chi connectivity index (χ3v) is 4.30. The smallest absolute Gasteiger partial charge is 0.321 e. The number of rotatable bonds is 7. The van der Waals surface area contributed by atoms with Crippen LogP contribution in [0, 0.1) is 5.82 Å². The van der Waals surface area contributed by atoms with Crippen LogP contribution in [-0.2, 0) is 24.3 Å². The molecule has 3 N–H and O–H groups in total. The van der Waals surface area contributed by atoms with Crippen LogP contribution in [0.15, 0.2) is 29.2 Å². The van der Waals surface area contributed by atoms with Gasteiger partial charge in [-0.05, 0) is 32.9 Å². The molecule has 0 aliphatic heterocycles. The van der Waals surface area contributed by atoms with Crippen molar-refractivity contribution in [3.63, 3.8) is 0 Å². The van der Waals surface area contributed by atoms with Crippen LogP contribution in [0.3, 0.4) is 0 Å². The lowest BCUT2D eigenvalue weighted by Gasteiger charge is -2.14. The van der Waals surface area contributed by atoms with Crippen molar-refractivity contribution in [2.45, 2.75) is 37.8 Å². The molecule has 0 fully saturated rings. The molecule has 0 saturated carbocycles. The standard InChI is InChI=1S/C15H20FN3O6S/c1-9(2)18-15(22)19-14(21)10(3)25-13(20)8-17-26(23,24)12-7-5-4-6-11(12)16/h4-7,9-10,17H,8H2,1-3H3,(H2,18,19,21,22)/t10-/m0/s1. The number of esters is 1. The second-order valence-corrected chi connectivity index (χ2v) is 7.24. The second-order valence-electron chi connectivity index (χ2n) is 5.50. The lowest BCUT2D eigenvalue weighted by atomic mass is 10.3. The fraction of sp³-hybridized carbons (Fsp3) is 0.400. The van der Waals surface area contributed by atoms with E-state index in [1.54, 1.807) is 13.8 Å². The highest BCUT2D eigenvalue weighted by Gasteiger charge is 2.23. The van der Waals surface area contributed by atoms with E-state index >= 15 is 0 Å². The van der Waals surface area contributed by atoms with Gasteiger partial charge in [0.25, 0.3) is 5.91 Å². The van der Waals surface area contributed by atoms with Gasteiger partial charge in [-0.2, -0.15) is 4.72 Å².